The van der Waals surface area contributed by atoms with E-state index in [4.69, 9.17) is 4.42 Å². The van der Waals surface area contributed by atoms with E-state index in [2.05, 4.69) is 10.3 Å². The average molecular weight is 345 g/mol. The van der Waals surface area contributed by atoms with Crippen molar-refractivity contribution in [3.05, 3.63) is 33.7 Å². The first-order valence-corrected chi connectivity index (χ1v) is 8.98. The molecule has 1 aliphatic heterocycles. The van der Waals surface area contributed by atoms with Crippen LogP contribution in [0.5, 0.6) is 0 Å². The Morgan fingerprint density at radius 3 is 2.83 bits per heavy atom. The molecule has 126 valence electrons. The van der Waals surface area contributed by atoms with Crippen molar-refractivity contribution in [3.8, 4) is 0 Å². The number of amides is 2. The van der Waals surface area contributed by atoms with Crippen LogP contribution in [0, 0.1) is 19.8 Å². The zero-order chi connectivity index (χ0) is 16.8. The third-order valence-electron chi connectivity index (χ3n) is 4.47. The summed E-state index contributed by atoms with van der Waals surface area (Å²) in [4.78, 5) is 32.0. The molecule has 0 aromatic carbocycles. The molecule has 7 heteroatoms. The van der Waals surface area contributed by atoms with E-state index >= 15 is 0 Å². The molecular formula is C17H19N3O3S. The van der Waals surface area contributed by atoms with Crippen LogP contribution in [0.25, 0.3) is 0 Å². The van der Waals surface area contributed by atoms with Crippen molar-refractivity contribution in [2.24, 2.45) is 5.92 Å². The molecule has 2 aliphatic rings. The van der Waals surface area contributed by atoms with E-state index in [0.29, 0.717) is 36.0 Å². The van der Waals surface area contributed by atoms with Crippen LogP contribution < -0.4 is 5.32 Å². The summed E-state index contributed by atoms with van der Waals surface area (Å²) in [6, 6.07) is 1.79. The van der Waals surface area contributed by atoms with Crippen molar-refractivity contribution in [2.45, 2.75) is 39.7 Å². The number of nitrogens with one attached hydrogen (secondary N) is 1. The Balaban J connectivity index is 1.49. The number of anilines is 1. The minimum atomic E-state index is -0.00744. The van der Waals surface area contributed by atoms with E-state index in [1.165, 1.54) is 11.3 Å². The van der Waals surface area contributed by atoms with E-state index in [-0.39, 0.29) is 17.7 Å². The second-order valence-corrected chi connectivity index (χ2v) is 7.54. The van der Waals surface area contributed by atoms with Gasteiger partial charge in [-0.25, -0.2) is 4.98 Å². The molecule has 0 saturated heterocycles. The van der Waals surface area contributed by atoms with Crippen molar-refractivity contribution >= 4 is 28.3 Å². The molecule has 6 nitrogen and oxygen atoms in total. The number of aryl methyl sites for hydroxylation is 2. The maximum atomic E-state index is 12.7. The van der Waals surface area contributed by atoms with Crippen LogP contribution in [0.15, 0.2) is 10.5 Å². The molecule has 0 bridgehead atoms. The summed E-state index contributed by atoms with van der Waals surface area (Å²) in [6.45, 7) is 4.83. The van der Waals surface area contributed by atoms with Gasteiger partial charge in [0.25, 0.3) is 5.91 Å². The molecule has 2 aromatic heterocycles. The van der Waals surface area contributed by atoms with Gasteiger partial charge in [-0.1, -0.05) is 11.3 Å². The zero-order valence-corrected chi connectivity index (χ0v) is 14.5. The van der Waals surface area contributed by atoms with Crippen LogP contribution >= 0.6 is 11.3 Å². The van der Waals surface area contributed by atoms with E-state index in [9.17, 15) is 9.59 Å². The van der Waals surface area contributed by atoms with Gasteiger partial charge in [-0.05, 0) is 32.8 Å². The standard InChI is InChI=1S/C17H19N3O3S/c1-9-7-12(10(2)23-9)16(22)20-6-5-13-14(8-20)24-17(18-13)19-15(21)11-3-4-11/h7,11H,3-6,8H2,1-2H3,(H,18,19,21). The highest BCUT2D eigenvalue weighted by Gasteiger charge is 2.31. The number of furan rings is 1. The van der Waals surface area contributed by atoms with Gasteiger partial charge in [0.2, 0.25) is 5.91 Å². The largest absolute Gasteiger partial charge is 0.466 e. The van der Waals surface area contributed by atoms with E-state index in [1.54, 1.807) is 6.07 Å². The van der Waals surface area contributed by atoms with Crippen LogP contribution in [0.2, 0.25) is 0 Å². The lowest BCUT2D eigenvalue weighted by Crippen LogP contribution is -2.35. The summed E-state index contributed by atoms with van der Waals surface area (Å²) in [5, 5.41) is 3.55. The summed E-state index contributed by atoms with van der Waals surface area (Å²) < 4.78 is 5.47. The molecule has 1 saturated carbocycles. The summed E-state index contributed by atoms with van der Waals surface area (Å²) in [7, 11) is 0. The van der Waals surface area contributed by atoms with Crippen LogP contribution in [-0.4, -0.2) is 28.2 Å². The highest BCUT2D eigenvalue weighted by Crippen LogP contribution is 2.33. The van der Waals surface area contributed by atoms with Crippen LogP contribution in [-0.2, 0) is 17.8 Å². The third-order valence-corrected chi connectivity index (χ3v) is 5.47. The molecule has 2 aromatic rings. The number of hydrogen-bond acceptors (Lipinski definition) is 5. The first-order valence-electron chi connectivity index (χ1n) is 8.17. The third kappa shape index (κ3) is 2.84. The number of hydrogen-bond donors (Lipinski definition) is 1. The monoisotopic (exact) mass is 345 g/mol. The average Bonchev–Trinajstić information content (AvgIpc) is 3.24. The SMILES string of the molecule is Cc1cc(C(=O)N2CCc3nc(NC(=O)C4CC4)sc3C2)c(C)o1. The highest BCUT2D eigenvalue weighted by atomic mass is 32.1. The first kappa shape index (κ1) is 15.4. The summed E-state index contributed by atoms with van der Waals surface area (Å²) >= 11 is 1.47. The van der Waals surface area contributed by atoms with Gasteiger partial charge in [0.15, 0.2) is 5.13 Å². The number of rotatable bonds is 3. The lowest BCUT2D eigenvalue weighted by atomic mass is 10.1. The second kappa shape index (κ2) is 5.73. The highest BCUT2D eigenvalue weighted by molar-refractivity contribution is 7.15. The van der Waals surface area contributed by atoms with Gasteiger partial charge in [0.1, 0.15) is 11.5 Å². The lowest BCUT2D eigenvalue weighted by molar-refractivity contribution is -0.117. The Labute approximate surface area is 143 Å². The van der Waals surface area contributed by atoms with Crippen molar-refractivity contribution in [2.75, 3.05) is 11.9 Å². The Kier molecular flexibility index (Phi) is 3.68. The van der Waals surface area contributed by atoms with Crippen LogP contribution in [0.3, 0.4) is 0 Å². The predicted molar refractivity (Wildman–Crippen MR) is 90.1 cm³/mol. The fourth-order valence-corrected chi connectivity index (χ4v) is 4.02. The molecule has 0 spiro atoms. The first-order chi connectivity index (χ1) is 11.5. The molecule has 0 radical (unpaired) electrons. The number of fused-ring (bicyclic) bond motifs is 1. The minimum absolute atomic E-state index is 0.00744. The number of nitrogens with zero attached hydrogens (tertiary/aromatic N) is 2. The molecule has 3 heterocycles. The molecule has 1 N–H and O–H groups in total. The molecule has 1 aliphatic carbocycles. The Hall–Kier alpha value is -2.15. The second-order valence-electron chi connectivity index (χ2n) is 6.46. The predicted octanol–water partition coefficient (Wildman–Crippen LogP) is 2.90. The van der Waals surface area contributed by atoms with Crippen molar-refractivity contribution in [3.63, 3.8) is 0 Å². The molecule has 24 heavy (non-hydrogen) atoms. The lowest BCUT2D eigenvalue weighted by Gasteiger charge is -2.25. The normalized spacial score (nSPS) is 16.8. The van der Waals surface area contributed by atoms with Gasteiger partial charge in [-0.3, -0.25) is 9.59 Å². The summed E-state index contributed by atoms with van der Waals surface area (Å²) in [6.07, 6.45) is 2.66. The fourth-order valence-electron chi connectivity index (χ4n) is 2.99. The Morgan fingerprint density at radius 1 is 1.38 bits per heavy atom. The maximum Gasteiger partial charge on any atom is 0.257 e. The molecule has 0 unspecified atom stereocenters. The van der Waals surface area contributed by atoms with Gasteiger partial charge >= 0.3 is 0 Å². The van der Waals surface area contributed by atoms with Crippen molar-refractivity contribution in [1.29, 1.82) is 0 Å². The van der Waals surface area contributed by atoms with Gasteiger partial charge in [0.05, 0.1) is 17.8 Å². The summed E-state index contributed by atoms with van der Waals surface area (Å²) in [5.74, 6) is 1.63. The molecular weight excluding hydrogens is 326 g/mol. The van der Waals surface area contributed by atoms with E-state index in [1.807, 2.05) is 18.7 Å². The van der Waals surface area contributed by atoms with E-state index in [0.717, 1.165) is 29.2 Å². The Morgan fingerprint density at radius 2 is 2.17 bits per heavy atom. The number of aromatic nitrogens is 1. The molecule has 4 rings (SSSR count). The fraction of sp³-hybridized carbons (Fsp3) is 0.471. The van der Waals surface area contributed by atoms with Crippen LogP contribution in [0.4, 0.5) is 5.13 Å². The van der Waals surface area contributed by atoms with Gasteiger partial charge < -0.3 is 14.6 Å². The van der Waals surface area contributed by atoms with E-state index < -0.39 is 0 Å². The summed E-state index contributed by atoms with van der Waals surface area (Å²) in [5.41, 5.74) is 1.62. The molecule has 2 amide bonds. The molecule has 0 atom stereocenters. The quantitative estimate of drug-likeness (QED) is 0.928. The van der Waals surface area contributed by atoms with Gasteiger partial charge in [0, 0.05) is 23.8 Å². The van der Waals surface area contributed by atoms with Gasteiger partial charge in [-0.2, -0.15) is 0 Å². The van der Waals surface area contributed by atoms with Gasteiger partial charge in [-0.15, -0.1) is 0 Å². The number of thiazole rings is 1. The maximum absolute atomic E-state index is 12.7. The topological polar surface area (TPSA) is 75.4 Å². The van der Waals surface area contributed by atoms with Crippen LogP contribution in [0.1, 0.15) is 45.3 Å². The zero-order valence-electron chi connectivity index (χ0n) is 13.7. The molecule has 1 fully saturated rings. The Bertz CT molecular complexity index is 819. The number of carbonyl (C=O) groups excluding carboxylic acids is 2. The van der Waals surface area contributed by atoms with Crippen molar-refractivity contribution < 1.29 is 14.0 Å². The van der Waals surface area contributed by atoms with Crippen molar-refractivity contribution in [1.82, 2.24) is 9.88 Å². The smallest absolute Gasteiger partial charge is 0.257 e. The minimum Gasteiger partial charge on any atom is -0.466 e. The number of carbonyl (C=O) groups is 2.